The van der Waals surface area contributed by atoms with E-state index < -0.39 is 6.10 Å². The molecule has 2 rings (SSSR count). The second kappa shape index (κ2) is 7.93. The summed E-state index contributed by atoms with van der Waals surface area (Å²) in [5.74, 6) is 0.102. The summed E-state index contributed by atoms with van der Waals surface area (Å²) in [7, 11) is 0. The summed E-state index contributed by atoms with van der Waals surface area (Å²) < 4.78 is 0. The van der Waals surface area contributed by atoms with Crippen molar-refractivity contribution in [1.82, 2.24) is 10.2 Å². The molecule has 128 valence electrons. The van der Waals surface area contributed by atoms with Gasteiger partial charge in [0.15, 0.2) is 0 Å². The SMILES string of the molecule is CC(C)(C)C(O)CNC(=O)C1CCCN(Cc2ccccc2)C1. The number of rotatable bonds is 5. The van der Waals surface area contributed by atoms with Crippen LogP contribution in [0.5, 0.6) is 0 Å². The van der Waals surface area contributed by atoms with Gasteiger partial charge in [-0.05, 0) is 30.4 Å². The zero-order valence-electron chi connectivity index (χ0n) is 14.6. The minimum Gasteiger partial charge on any atom is -0.391 e. The summed E-state index contributed by atoms with van der Waals surface area (Å²) in [6.07, 6.45) is 1.46. The highest BCUT2D eigenvalue weighted by molar-refractivity contribution is 5.79. The van der Waals surface area contributed by atoms with Crippen molar-refractivity contribution in [3.8, 4) is 0 Å². The molecular formula is C19H30N2O2. The first-order valence-corrected chi connectivity index (χ1v) is 8.58. The lowest BCUT2D eigenvalue weighted by molar-refractivity contribution is -0.127. The number of nitrogens with one attached hydrogen (secondary N) is 1. The summed E-state index contributed by atoms with van der Waals surface area (Å²) >= 11 is 0. The summed E-state index contributed by atoms with van der Waals surface area (Å²) in [6.45, 7) is 9.01. The largest absolute Gasteiger partial charge is 0.391 e. The number of nitrogens with zero attached hydrogens (tertiary/aromatic N) is 1. The first-order valence-electron chi connectivity index (χ1n) is 8.58. The molecule has 2 atom stereocenters. The molecule has 1 aliphatic rings. The third-order valence-electron chi connectivity index (χ3n) is 4.59. The number of amides is 1. The molecule has 2 N–H and O–H groups in total. The number of carbonyl (C=O) groups is 1. The molecule has 4 heteroatoms. The second-order valence-electron chi connectivity index (χ2n) is 7.69. The van der Waals surface area contributed by atoms with Crippen molar-refractivity contribution < 1.29 is 9.90 Å². The van der Waals surface area contributed by atoms with Crippen LogP contribution in [0.1, 0.15) is 39.2 Å². The van der Waals surface area contributed by atoms with E-state index in [1.54, 1.807) is 0 Å². The van der Waals surface area contributed by atoms with Crippen molar-refractivity contribution in [1.29, 1.82) is 0 Å². The predicted octanol–water partition coefficient (Wildman–Crippen LogP) is 2.42. The van der Waals surface area contributed by atoms with Crippen molar-refractivity contribution >= 4 is 5.91 Å². The Bertz CT molecular complexity index is 496. The van der Waals surface area contributed by atoms with E-state index >= 15 is 0 Å². The van der Waals surface area contributed by atoms with Crippen LogP contribution in [0.3, 0.4) is 0 Å². The van der Waals surface area contributed by atoms with E-state index in [0.717, 1.165) is 32.5 Å². The van der Waals surface area contributed by atoms with Gasteiger partial charge in [-0.15, -0.1) is 0 Å². The number of carbonyl (C=O) groups excluding carboxylic acids is 1. The number of hydrogen-bond donors (Lipinski definition) is 2. The Morgan fingerprint density at radius 3 is 2.70 bits per heavy atom. The fourth-order valence-corrected chi connectivity index (χ4v) is 2.90. The number of piperidine rings is 1. The topological polar surface area (TPSA) is 52.6 Å². The molecule has 1 heterocycles. The molecule has 1 amide bonds. The predicted molar refractivity (Wildman–Crippen MR) is 92.9 cm³/mol. The highest BCUT2D eigenvalue weighted by Gasteiger charge is 2.27. The third-order valence-corrected chi connectivity index (χ3v) is 4.59. The van der Waals surface area contributed by atoms with Crippen LogP contribution in [0.25, 0.3) is 0 Å². The molecular weight excluding hydrogens is 288 g/mol. The van der Waals surface area contributed by atoms with Crippen LogP contribution < -0.4 is 5.32 Å². The average molecular weight is 318 g/mol. The van der Waals surface area contributed by atoms with Gasteiger partial charge in [0.25, 0.3) is 0 Å². The van der Waals surface area contributed by atoms with E-state index in [9.17, 15) is 9.90 Å². The van der Waals surface area contributed by atoms with Gasteiger partial charge in [-0.1, -0.05) is 51.1 Å². The van der Waals surface area contributed by atoms with Gasteiger partial charge >= 0.3 is 0 Å². The highest BCUT2D eigenvalue weighted by Crippen LogP contribution is 2.20. The summed E-state index contributed by atoms with van der Waals surface area (Å²) in [5.41, 5.74) is 1.08. The zero-order chi connectivity index (χ0) is 16.9. The average Bonchev–Trinajstić information content (AvgIpc) is 2.52. The van der Waals surface area contributed by atoms with Crippen molar-refractivity contribution in [2.45, 2.75) is 46.3 Å². The lowest BCUT2D eigenvalue weighted by Crippen LogP contribution is -2.46. The molecule has 1 saturated heterocycles. The normalized spacial score (nSPS) is 21.0. The number of aliphatic hydroxyl groups excluding tert-OH is 1. The van der Waals surface area contributed by atoms with E-state index in [4.69, 9.17) is 0 Å². The van der Waals surface area contributed by atoms with E-state index in [1.165, 1.54) is 5.56 Å². The maximum Gasteiger partial charge on any atom is 0.224 e. The first kappa shape index (κ1) is 18.0. The van der Waals surface area contributed by atoms with Crippen molar-refractivity contribution in [3.05, 3.63) is 35.9 Å². The lowest BCUT2D eigenvalue weighted by atomic mass is 9.89. The lowest BCUT2D eigenvalue weighted by Gasteiger charge is -2.33. The van der Waals surface area contributed by atoms with Crippen LogP contribution >= 0.6 is 0 Å². The molecule has 23 heavy (non-hydrogen) atoms. The van der Waals surface area contributed by atoms with Crippen LogP contribution in [-0.4, -0.2) is 41.7 Å². The van der Waals surface area contributed by atoms with Gasteiger partial charge in [0.05, 0.1) is 12.0 Å². The molecule has 0 aromatic heterocycles. The van der Waals surface area contributed by atoms with Crippen LogP contribution in [0.4, 0.5) is 0 Å². The Morgan fingerprint density at radius 2 is 2.04 bits per heavy atom. The monoisotopic (exact) mass is 318 g/mol. The molecule has 0 radical (unpaired) electrons. The van der Waals surface area contributed by atoms with Crippen LogP contribution in [0.15, 0.2) is 30.3 Å². The summed E-state index contributed by atoms with van der Waals surface area (Å²) in [6, 6.07) is 10.4. The molecule has 4 nitrogen and oxygen atoms in total. The van der Waals surface area contributed by atoms with Gasteiger partial charge in [-0.2, -0.15) is 0 Å². The maximum atomic E-state index is 12.4. The molecule has 0 bridgehead atoms. The Balaban J connectivity index is 1.82. The minimum atomic E-state index is -0.518. The summed E-state index contributed by atoms with van der Waals surface area (Å²) in [5, 5.41) is 13.0. The van der Waals surface area contributed by atoms with Crippen molar-refractivity contribution in [2.75, 3.05) is 19.6 Å². The van der Waals surface area contributed by atoms with Crippen LogP contribution in [0, 0.1) is 11.3 Å². The van der Waals surface area contributed by atoms with Gasteiger partial charge in [0.2, 0.25) is 5.91 Å². The molecule has 1 aromatic carbocycles. The number of hydrogen-bond acceptors (Lipinski definition) is 3. The molecule has 1 fully saturated rings. The van der Waals surface area contributed by atoms with Gasteiger partial charge < -0.3 is 10.4 Å². The highest BCUT2D eigenvalue weighted by atomic mass is 16.3. The van der Waals surface area contributed by atoms with Crippen LogP contribution in [-0.2, 0) is 11.3 Å². The molecule has 1 aromatic rings. The zero-order valence-corrected chi connectivity index (χ0v) is 14.6. The number of benzene rings is 1. The van der Waals surface area contributed by atoms with Crippen molar-refractivity contribution in [2.24, 2.45) is 11.3 Å². The number of aliphatic hydroxyl groups is 1. The molecule has 0 saturated carbocycles. The Hall–Kier alpha value is -1.39. The van der Waals surface area contributed by atoms with E-state index in [2.05, 4.69) is 34.5 Å². The first-order chi connectivity index (χ1) is 10.9. The van der Waals surface area contributed by atoms with E-state index in [0.29, 0.717) is 6.54 Å². The third kappa shape index (κ3) is 5.63. The number of likely N-dealkylation sites (tertiary alicyclic amines) is 1. The van der Waals surface area contributed by atoms with E-state index in [-0.39, 0.29) is 17.2 Å². The van der Waals surface area contributed by atoms with Crippen LogP contribution in [0.2, 0.25) is 0 Å². The Kier molecular flexibility index (Phi) is 6.19. The summed E-state index contributed by atoms with van der Waals surface area (Å²) in [4.78, 5) is 14.7. The van der Waals surface area contributed by atoms with Crippen molar-refractivity contribution in [3.63, 3.8) is 0 Å². The van der Waals surface area contributed by atoms with Gasteiger partial charge in [0, 0.05) is 19.6 Å². The Labute approximate surface area is 139 Å². The van der Waals surface area contributed by atoms with E-state index in [1.807, 2.05) is 26.8 Å². The second-order valence-corrected chi connectivity index (χ2v) is 7.69. The standard InChI is InChI=1S/C19H30N2O2/c1-19(2,3)17(22)12-20-18(23)16-10-7-11-21(14-16)13-15-8-5-4-6-9-15/h4-6,8-9,16-17,22H,7,10-14H2,1-3H3,(H,20,23). The maximum absolute atomic E-state index is 12.4. The van der Waals surface area contributed by atoms with Gasteiger partial charge in [0.1, 0.15) is 0 Å². The Morgan fingerprint density at radius 1 is 1.35 bits per heavy atom. The fraction of sp³-hybridized carbons (Fsp3) is 0.632. The molecule has 0 spiro atoms. The molecule has 2 unspecified atom stereocenters. The fourth-order valence-electron chi connectivity index (χ4n) is 2.90. The molecule has 0 aliphatic carbocycles. The quantitative estimate of drug-likeness (QED) is 0.877. The van der Waals surface area contributed by atoms with Gasteiger partial charge in [-0.25, -0.2) is 0 Å². The minimum absolute atomic E-state index is 0.0274. The molecule has 1 aliphatic heterocycles. The van der Waals surface area contributed by atoms with Gasteiger partial charge in [-0.3, -0.25) is 9.69 Å². The smallest absolute Gasteiger partial charge is 0.224 e.